The fourth-order valence-corrected chi connectivity index (χ4v) is 1.84. The second-order valence-electron chi connectivity index (χ2n) is 4.34. The summed E-state index contributed by atoms with van der Waals surface area (Å²) in [6.45, 7) is 0. The highest BCUT2D eigenvalue weighted by Gasteiger charge is 2.05. The third kappa shape index (κ3) is 3.48. The van der Waals surface area contributed by atoms with Gasteiger partial charge in [0.05, 0.1) is 12.7 Å². The Morgan fingerprint density at radius 1 is 1.15 bits per heavy atom. The Balaban J connectivity index is 1.99. The van der Waals surface area contributed by atoms with E-state index in [1.54, 1.807) is 31.4 Å². The number of allylic oxidation sites excluding steroid dienone is 2. The van der Waals surface area contributed by atoms with Gasteiger partial charge in [0.15, 0.2) is 5.78 Å². The number of hydrogen-bond donors (Lipinski definition) is 1. The molecule has 0 fully saturated rings. The molecule has 0 unspecified atom stereocenters. The molecule has 0 saturated heterocycles. The molecule has 0 amide bonds. The molecule has 3 nitrogen and oxygen atoms in total. The van der Waals surface area contributed by atoms with Crippen molar-refractivity contribution in [2.45, 2.75) is 6.42 Å². The molecule has 102 valence electrons. The average molecular weight is 268 g/mol. The van der Waals surface area contributed by atoms with E-state index in [0.29, 0.717) is 12.0 Å². The van der Waals surface area contributed by atoms with Crippen LogP contribution in [-0.2, 0) is 6.42 Å². The first-order chi connectivity index (χ1) is 9.70. The van der Waals surface area contributed by atoms with E-state index in [1.165, 1.54) is 12.1 Å². The van der Waals surface area contributed by atoms with Crippen molar-refractivity contribution in [3.8, 4) is 11.5 Å². The zero-order valence-corrected chi connectivity index (χ0v) is 11.2. The van der Waals surface area contributed by atoms with E-state index in [0.717, 1.165) is 11.3 Å². The Kier molecular flexibility index (Phi) is 4.56. The lowest BCUT2D eigenvalue weighted by molar-refractivity contribution is 0.104. The standard InChI is InChI=1S/C17H16O3/c1-20-14-11-9-13(10-12-14)5-4-8-17(19)15-6-2-3-7-16(15)18/h2-4,6-12,18H,5H2,1H3/b8-4+. The number of carbonyl (C=O) groups is 1. The quantitative estimate of drug-likeness (QED) is 0.668. The second kappa shape index (κ2) is 6.57. The number of hydrogen-bond acceptors (Lipinski definition) is 3. The highest BCUT2D eigenvalue weighted by Crippen LogP contribution is 2.17. The van der Waals surface area contributed by atoms with Crippen LogP contribution in [0, 0.1) is 0 Å². The number of carbonyl (C=O) groups excluding carboxylic acids is 1. The van der Waals surface area contributed by atoms with E-state index >= 15 is 0 Å². The molecule has 0 heterocycles. The predicted octanol–water partition coefficient (Wildman–Crippen LogP) is 3.38. The van der Waals surface area contributed by atoms with Crippen molar-refractivity contribution in [2.75, 3.05) is 7.11 Å². The Bertz CT molecular complexity index is 612. The number of rotatable bonds is 5. The van der Waals surface area contributed by atoms with Crippen molar-refractivity contribution in [3.63, 3.8) is 0 Å². The molecule has 0 saturated carbocycles. The summed E-state index contributed by atoms with van der Waals surface area (Å²) in [5, 5.41) is 9.59. The smallest absolute Gasteiger partial charge is 0.189 e. The summed E-state index contributed by atoms with van der Waals surface area (Å²) >= 11 is 0. The summed E-state index contributed by atoms with van der Waals surface area (Å²) in [5.74, 6) is 0.617. The largest absolute Gasteiger partial charge is 0.507 e. The maximum absolute atomic E-state index is 11.9. The minimum atomic E-state index is -0.198. The van der Waals surface area contributed by atoms with Crippen LogP contribution < -0.4 is 4.74 Å². The third-order valence-corrected chi connectivity index (χ3v) is 2.95. The molecule has 0 radical (unpaired) electrons. The molecular formula is C17H16O3. The topological polar surface area (TPSA) is 46.5 Å². The summed E-state index contributed by atoms with van der Waals surface area (Å²) in [4.78, 5) is 11.9. The van der Waals surface area contributed by atoms with Crippen molar-refractivity contribution in [3.05, 3.63) is 71.8 Å². The Morgan fingerprint density at radius 2 is 1.85 bits per heavy atom. The van der Waals surface area contributed by atoms with Crippen molar-refractivity contribution in [1.82, 2.24) is 0 Å². The van der Waals surface area contributed by atoms with Crippen LogP contribution in [0.15, 0.2) is 60.7 Å². The van der Waals surface area contributed by atoms with Crippen LogP contribution in [0.25, 0.3) is 0 Å². The number of phenols is 1. The van der Waals surface area contributed by atoms with Crippen molar-refractivity contribution >= 4 is 5.78 Å². The Labute approximate surface area is 118 Å². The average Bonchev–Trinajstić information content (AvgIpc) is 2.48. The molecule has 0 aliphatic rings. The van der Waals surface area contributed by atoms with Crippen LogP contribution >= 0.6 is 0 Å². The van der Waals surface area contributed by atoms with Gasteiger partial charge in [-0.25, -0.2) is 0 Å². The lowest BCUT2D eigenvalue weighted by Crippen LogP contribution is -1.94. The first-order valence-electron chi connectivity index (χ1n) is 6.32. The van der Waals surface area contributed by atoms with Gasteiger partial charge in [-0.3, -0.25) is 4.79 Å². The molecule has 0 aliphatic carbocycles. The van der Waals surface area contributed by atoms with Crippen molar-refractivity contribution in [1.29, 1.82) is 0 Å². The van der Waals surface area contributed by atoms with Gasteiger partial charge in [-0.05, 0) is 42.3 Å². The molecular weight excluding hydrogens is 252 g/mol. The number of ketones is 1. The molecule has 0 aliphatic heterocycles. The first-order valence-corrected chi connectivity index (χ1v) is 6.32. The zero-order valence-electron chi connectivity index (χ0n) is 11.2. The van der Waals surface area contributed by atoms with Gasteiger partial charge in [0.1, 0.15) is 11.5 Å². The molecule has 3 heteroatoms. The summed E-state index contributed by atoms with van der Waals surface area (Å²) in [5.41, 5.74) is 1.41. The number of para-hydroxylation sites is 1. The molecule has 0 aromatic heterocycles. The fraction of sp³-hybridized carbons (Fsp3) is 0.118. The van der Waals surface area contributed by atoms with Crippen molar-refractivity contribution < 1.29 is 14.6 Å². The molecule has 20 heavy (non-hydrogen) atoms. The second-order valence-corrected chi connectivity index (χ2v) is 4.34. The maximum Gasteiger partial charge on any atom is 0.189 e. The zero-order chi connectivity index (χ0) is 14.4. The van der Waals surface area contributed by atoms with Crippen molar-refractivity contribution in [2.24, 2.45) is 0 Å². The molecule has 0 spiro atoms. The number of ether oxygens (including phenoxy) is 1. The van der Waals surface area contributed by atoms with E-state index in [9.17, 15) is 9.90 Å². The lowest BCUT2D eigenvalue weighted by Gasteiger charge is -2.01. The van der Waals surface area contributed by atoms with Crippen LogP contribution in [0.2, 0.25) is 0 Å². The SMILES string of the molecule is COc1ccc(C/C=C/C(=O)c2ccccc2O)cc1. The fourth-order valence-electron chi connectivity index (χ4n) is 1.84. The highest BCUT2D eigenvalue weighted by atomic mass is 16.5. The monoisotopic (exact) mass is 268 g/mol. The summed E-state index contributed by atoms with van der Waals surface area (Å²) in [6, 6.07) is 14.2. The van der Waals surface area contributed by atoms with Crippen LogP contribution in [0.1, 0.15) is 15.9 Å². The third-order valence-electron chi connectivity index (χ3n) is 2.95. The van der Waals surface area contributed by atoms with Gasteiger partial charge >= 0.3 is 0 Å². The number of benzene rings is 2. The minimum absolute atomic E-state index is 0.00611. The van der Waals surface area contributed by atoms with Gasteiger partial charge in [-0.1, -0.05) is 30.3 Å². The van der Waals surface area contributed by atoms with Gasteiger partial charge in [0.2, 0.25) is 0 Å². The molecule has 1 N–H and O–H groups in total. The van der Waals surface area contributed by atoms with Gasteiger partial charge in [0.25, 0.3) is 0 Å². The van der Waals surface area contributed by atoms with E-state index in [2.05, 4.69) is 0 Å². The molecule has 2 rings (SSSR count). The predicted molar refractivity (Wildman–Crippen MR) is 78.3 cm³/mol. The summed E-state index contributed by atoms with van der Waals surface area (Å²) < 4.78 is 5.08. The molecule has 0 atom stereocenters. The normalized spacial score (nSPS) is 10.7. The van der Waals surface area contributed by atoms with E-state index in [-0.39, 0.29) is 11.5 Å². The van der Waals surface area contributed by atoms with Gasteiger partial charge in [-0.15, -0.1) is 0 Å². The van der Waals surface area contributed by atoms with Gasteiger partial charge < -0.3 is 9.84 Å². The summed E-state index contributed by atoms with van der Waals surface area (Å²) in [6.07, 6.45) is 3.93. The number of phenolic OH excluding ortho intramolecular Hbond substituents is 1. The highest BCUT2D eigenvalue weighted by molar-refractivity contribution is 6.06. The minimum Gasteiger partial charge on any atom is -0.507 e. The molecule has 2 aromatic carbocycles. The van der Waals surface area contributed by atoms with Crippen LogP contribution in [0.3, 0.4) is 0 Å². The lowest BCUT2D eigenvalue weighted by atomic mass is 10.1. The van der Waals surface area contributed by atoms with Gasteiger partial charge in [-0.2, -0.15) is 0 Å². The van der Waals surface area contributed by atoms with Gasteiger partial charge in [0, 0.05) is 0 Å². The Morgan fingerprint density at radius 3 is 2.50 bits per heavy atom. The summed E-state index contributed by atoms with van der Waals surface area (Å²) in [7, 11) is 1.62. The molecule has 2 aromatic rings. The van der Waals surface area contributed by atoms with Crippen LogP contribution in [-0.4, -0.2) is 18.0 Å². The number of aromatic hydroxyl groups is 1. The van der Waals surface area contributed by atoms with Crippen LogP contribution in [0.5, 0.6) is 11.5 Å². The van der Waals surface area contributed by atoms with E-state index in [4.69, 9.17) is 4.74 Å². The van der Waals surface area contributed by atoms with E-state index in [1.807, 2.05) is 24.3 Å². The molecule has 0 bridgehead atoms. The number of methoxy groups -OCH3 is 1. The first kappa shape index (κ1) is 13.9. The van der Waals surface area contributed by atoms with E-state index < -0.39 is 0 Å². The Hall–Kier alpha value is -2.55. The van der Waals surface area contributed by atoms with Crippen LogP contribution in [0.4, 0.5) is 0 Å². The maximum atomic E-state index is 11.9.